The van der Waals surface area contributed by atoms with E-state index in [4.69, 9.17) is 15.6 Å². The molecule has 0 saturated heterocycles. The highest BCUT2D eigenvalue weighted by Crippen LogP contribution is 2.04. The Bertz CT molecular complexity index is 149. The Morgan fingerprint density at radius 3 is 2.43 bits per heavy atom. The van der Waals surface area contributed by atoms with Crippen LogP contribution in [-0.4, -0.2) is 62.4 Å². The molecule has 0 rings (SSSR count). The summed E-state index contributed by atoms with van der Waals surface area (Å²) in [4.78, 5) is 1.34. The Hall–Kier alpha value is -0.300. The highest BCUT2D eigenvalue weighted by atomic mass is 19.3. The molecule has 0 radical (unpaired) electrons. The third-order valence-electron chi connectivity index (χ3n) is 2.03. The zero-order valence-corrected chi connectivity index (χ0v) is 8.49. The van der Waals surface area contributed by atoms with Crippen molar-refractivity contribution < 1.29 is 18.6 Å². The van der Waals surface area contributed by atoms with E-state index in [1.807, 2.05) is 0 Å². The lowest BCUT2D eigenvalue weighted by molar-refractivity contribution is 0.0392. The molecule has 0 aromatic heterocycles. The van der Waals surface area contributed by atoms with Gasteiger partial charge < -0.3 is 15.6 Å². The fourth-order valence-corrected chi connectivity index (χ4v) is 1.26. The van der Waals surface area contributed by atoms with Gasteiger partial charge in [-0.15, -0.1) is 0 Å². The lowest BCUT2D eigenvalue weighted by Gasteiger charge is -2.30. The molecule has 0 aromatic rings. The highest BCUT2D eigenvalue weighted by Gasteiger charge is 2.23. The molecule has 0 aromatic carbocycles. The Labute approximate surface area is 82.6 Å². The second kappa shape index (κ2) is 7.05. The van der Waals surface area contributed by atoms with Crippen molar-refractivity contribution in [2.24, 2.45) is 5.73 Å². The van der Waals surface area contributed by atoms with Crippen LogP contribution in [0.2, 0.25) is 0 Å². The topological polar surface area (TPSA) is 58.7 Å². The van der Waals surface area contributed by atoms with Gasteiger partial charge in [0.15, 0.2) is 0 Å². The predicted molar refractivity (Wildman–Crippen MR) is 49.4 cm³/mol. The van der Waals surface area contributed by atoms with Crippen LogP contribution in [-0.2, 0) is 4.74 Å². The maximum Gasteiger partial charge on any atom is 0.251 e. The summed E-state index contributed by atoms with van der Waals surface area (Å²) >= 11 is 0. The molecule has 2 unspecified atom stereocenters. The van der Waals surface area contributed by atoms with Crippen LogP contribution in [0.25, 0.3) is 0 Å². The number of hydrogen-bond donors (Lipinski definition) is 2. The summed E-state index contributed by atoms with van der Waals surface area (Å²) in [7, 11) is 2.98. The molecule has 0 aliphatic rings. The zero-order valence-electron chi connectivity index (χ0n) is 8.49. The quantitative estimate of drug-likeness (QED) is 0.598. The van der Waals surface area contributed by atoms with Crippen molar-refractivity contribution in [3.63, 3.8) is 0 Å². The van der Waals surface area contributed by atoms with Gasteiger partial charge in [0, 0.05) is 19.2 Å². The van der Waals surface area contributed by atoms with Crippen molar-refractivity contribution in [1.29, 1.82) is 0 Å². The van der Waals surface area contributed by atoms with E-state index in [1.54, 1.807) is 0 Å². The first-order chi connectivity index (χ1) is 6.52. The molecular formula is C8H18F2N2O2. The molecule has 3 N–H and O–H groups in total. The average Bonchev–Trinajstić information content (AvgIpc) is 2.04. The molecule has 14 heavy (non-hydrogen) atoms. The number of halogens is 2. The lowest BCUT2D eigenvalue weighted by Crippen LogP contribution is -2.51. The number of aliphatic hydroxyl groups excluding tert-OH is 1. The summed E-state index contributed by atoms with van der Waals surface area (Å²) in [5, 5.41) is 8.98. The van der Waals surface area contributed by atoms with Gasteiger partial charge in [0.25, 0.3) is 6.43 Å². The van der Waals surface area contributed by atoms with Gasteiger partial charge in [0.05, 0.1) is 19.8 Å². The van der Waals surface area contributed by atoms with E-state index in [0.717, 1.165) is 0 Å². The van der Waals surface area contributed by atoms with Crippen LogP contribution in [0.1, 0.15) is 0 Å². The minimum atomic E-state index is -2.43. The van der Waals surface area contributed by atoms with E-state index in [1.165, 1.54) is 19.1 Å². The summed E-state index contributed by atoms with van der Waals surface area (Å²) in [6.07, 6.45) is -2.43. The molecule has 0 saturated carbocycles. The summed E-state index contributed by atoms with van der Waals surface area (Å²) in [6, 6.07) is -0.960. The van der Waals surface area contributed by atoms with Crippen LogP contribution in [0.3, 0.4) is 0 Å². The van der Waals surface area contributed by atoms with E-state index in [9.17, 15) is 8.78 Å². The maximum atomic E-state index is 12.0. The maximum absolute atomic E-state index is 12.0. The molecule has 4 nitrogen and oxygen atoms in total. The first-order valence-corrected chi connectivity index (χ1v) is 4.36. The number of nitrogens with two attached hydrogens (primary N) is 1. The number of aliphatic hydroxyl groups is 1. The van der Waals surface area contributed by atoms with E-state index < -0.39 is 25.1 Å². The smallest absolute Gasteiger partial charge is 0.251 e. The summed E-state index contributed by atoms with van der Waals surface area (Å²) < 4.78 is 28.9. The van der Waals surface area contributed by atoms with Crippen LogP contribution in [0.15, 0.2) is 0 Å². The fraction of sp³-hybridized carbons (Fsp3) is 1.00. The van der Waals surface area contributed by atoms with Gasteiger partial charge >= 0.3 is 0 Å². The summed E-state index contributed by atoms with van der Waals surface area (Å²) in [5.41, 5.74) is 5.64. The molecule has 0 fully saturated rings. The van der Waals surface area contributed by atoms with Crippen LogP contribution >= 0.6 is 0 Å². The van der Waals surface area contributed by atoms with E-state index >= 15 is 0 Å². The minimum absolute atomic E-state index is 0.235. The zero-order chi connectivity index (χ0) is 11.1. The third kappa shape index (κ3) is 4.80. The number of hydrogen-bond acceptors (Lipinski definition) is 4. The number of rotatable bonds is 7. The molecule has 0 spiro atoms. The molecule has 0 aliphatic carbocycles. The molecule has 0 aliphatic heterocycles. The van der Waals surface area contributed by atoms with Gasteiger partial charge in [0.1, 0.15) is 0 Å². The normalized spacial score (nSPS) is 16.3. The third-order valence-corrected chi connectivity index (χ3v) is 2.03. The highest BCUT2D eigenvalue weighted by molar-refractivity contribution is 4.80. The molecule has 2 atom stereocenters. The summed E-state index contributed by atoms with van der Waals surface area (Å²) in [5.74, 6) is 0. The van der Waals surface area contributed by atoms with E-state index in [-0.39, 0.29) is 13.2 Å². The Balaban J connectivity index is 4.09. The SMILES string of the molecule is COCC(N)C(CO)N(C)CC(F)F. The standard InChI is InChI=1S/C8H18F2N2O2/c1-12(3-8(9)10)7(4-13)6(11)5-14-2/h6-8,13H,3-5,11H2,1-2H3. The molecule has 6 heteroatoms. The molecule has 0 heterocycles. The van der Waals surface area contributed by atoms with Crippen LogP contribution < -0.4 is 5.73 Å². The van der Waals surface area contributed by atoms with Gasteiger partial charge in [0.2, 0.25) is 0 Å². The van der Waals surface area contributed by atoms with Crippen molar-refractivity contribution in [2.75, 3.05) is 33.9 Å². The first kappa shape index (κ1) is 13.7. The average molecular weight is 212 g/mol. The Morgan fingerprint density at radius 2 is 2.07 bits per heavy atom. The van der Waals surface area contributed by atoms with Crippen molar-refractivity contribution in [1.82, 2.24) is 4.90 Å². The van der Waals surface area contributed by atoms with Crippen molar-refractivity contribution >= 4 is 0 Å². The minimum Gasteiger partial charge on any atom is -0.395 e. The van der Waals surface area contributed by atoms with Crippen LogP contribution in [0.4, 0.5) is 8.78 Å². The Morgan fingerprint density at radius 1 is 1.50 bits per heavy atom. The largest absolute Gasteiger partial charge is 0.395 e. The number of methoxy groups -OCH3 is 1. The second-order valence-corrected chi connectivity index (χ2v) is 3.20. The first-order valence-electron chi connectivity index (χ1n) is 4.36. The molecule has 0 bridgehead atoms. The van der Waals surface area contributed by atoms with Crippen molar-refractivity contribution in [3.05, 3.63) is 0 Å². The van der Waals surface area contributed by atoms with Gasteiger partial charge in [-0.05, 0) is 7.05 Å². The number of ether oxygens (including phenoxy) is 1. The molecule has 86 valence electrons. The molecule has 0 amide bonds. The second-order valence-electron chi connectivity index (χ2n) is 3.20. The van der Waals surface area contributed by atoms with Gasteiger partial charge in [-0.3, -0.25) is 4.90 Å². The van der Waals surface area contributed by atoms with Crippen LogP contribution in [0.5, 0.6) is 0 Å². The van der Waals surface area contributed by atoms with E-state index in [0.29, 0.717) is 0 Å². The van der Waals surface area contributed by atoms with E-state index in [2.05, 4.69) is 0 Å². The monoisotopic (exact) mass is 212 g/mol. The van der Waals surface area contributed by atoms with Gasteiger partial charge in [-0.25, -0.2) is 8.78 Å². The van der Waals surface area contributed by atoms with Crippen molar-refractivity contribution in [3.8, 4) is 0 Å². The Kier molecular flexibility index (Phi) is 6.90. The molecular weight excluding hydrogens is 194 g/mol. The predicted octanol–water partition coefficient (Wildman–Crippen LogP) is -0.482. The number of likely N-dealkylation sites (N-methyl/N-ethyl adjacent to an activating group) is 1. The number of nitrogens with zero attached hydrogens (tertiary/aromatic N) is 1. The van der Waals surface area contributed by atoms with Gasteiger partial charge in [-0.2, -0.15) is 0 Å². The van der Waals surface area contributed by atoms with Gasteiger partial charge in [-0.1, -0.05) is 0 Å². The summed E-state index contributed by atoms with van der Waals surface area (Å²) in [6.45, 7) is -0.421. The lowest BCUT2D eigenvalue weighted by atomic mass is 10.1. The van der Waals surface area contributed by atoms with Crippen LogP contribution in [0, 0.1) is 0 Å². The van der Waals surface area contributed by atoms with Crippen molar-refractivity contribution in [2.45, 2.75) is 18.5 Å². The fourth-order valence-electron chi connectivity index (χ4n) is 1.26. The number of alkyl halides is 2.